The highest BCUT2D eigenvalue weighted by molar-refractivity contribution is 5.93. The smallest absolute Gasteiger partial charge is 0.371 e. The molecular weight excluding hydrogens is 208 g/mol. The lowest BCUT2D eigenvalue weighted by atomic mass is 9.99. The number of carbonyl (C=O) groups is 1. The van der Waals surface area contributed by atoms with Crippen molar-refractivity contribution in [3.63, 3.8) is 0 Å². The van der Waals surface area contributed by atoms with Crippen LogP contribution in [0.15, 0.2) is 22.6 Å². The molecule has 0 saturated heterocycles. The van der Waals surface area contributed by atoms with Crippen molar-refractivity contribution in [2.24, 2.45) is 0 Å². The molecule has 1 aromatic carbocycles. The molecule has 1 aromatic heterocycles. The van der Waals surface area contributed by atoms with E-state index < -0.39 is 5.97 Å². The summed E-state index contributed by atoms with van der Waals surface area (Å²) < 4.78 is 5.14. The van der Waals surface area contributed by atoms with Crippen LogP contribution in [-0.2, 0) is 0 Å². The third-order valence-electron chi connectivity index (χ3n) is 2.49. The molecular formula is C12H12O4. The quantitative estimate of drug-likeness (QED) is 0.816. The van der Waals surface area contributed by atoms with Gasteiger partial charge in [-0.2, -0.15) is 0 Å². The number of carboxylic acid groups (broad SMARTS) is 1. The molecule has 0 unspecified atom stereocenters. The summed E-state index contributed by atoms with van der Waals surface area (Å²) in [5, 5.41) is 19.1. The molecule has 2 rings (SSSR count). The third-order valence-corrected chi connectivity index (χ3v) is 2.49. The number of rotatable bonds is 2. The summed E-state index contributed by atoms with van der Waals surface area (Å²) in [6.45, 7) is 3.95. The van der Waals surface area contributed by atoms with Gasteiger partial charge in [0.15, 0.2) is 0 Å². The van der Waals surface area contributed by atoms with Gasteiger partial charge in [0.2, 0.25) is 5.76 Å². The summed E-state index contributed by atoms with van der Waals surface area (Å²) in [7, 11) is 0. The second-order valence-corrected chi connectivity index (χ2v) is 4.02. The second kappa shape index (κ2) is 3.56. The number of phenolic OH excluding ortho intramolecular Hbond substituents is 1. The molecule has 0 spiro atoms. The number of benzene rings is 1. The standard InChI is InChI=1S/C12H12O4/c1-6(2)8-3-7(13)4-10-9(8)5-11(16-10)12(14)15/h3-6,13H,1-2H3,(H,14,15). The van der Waals surface area contributed by atoms with Gasteiger partial charge in [0.25, 0.3) is 0 Å². The Hall–Kier alpha value is -1.97. The van der Waals surface area contributed by atoms with Crippen molar-refractivity contribution in [2.75, 3.05) is 0 Å². The summed E-state index contributed by atoms with van der Waals surface area (Å²) >= 11 is 0. The lowest BCUT2D eigenvalue weighted by molar-refractivity contribution is 0.0665. The predicted octanol–water partition coefficient (Wildman–Crippen LogP) is 2.96. The topological polar surface area (TPSA) is 70.7 Å². The molecule has 2 aromatic rings. The monoisotopic (exact) mass is 220 g/mol. The Morgan fingerprint density at radius 3 is 2.56 bits per heavy atom. The Labute approximate surface area is 92.1 Å². The molecule has 84 valence electrons. The van der Waals surface area contributed by atoms with Crippen LogP contribution in [-0.4, -0.2) is 16.2 Å². The highest BCUT2D eigenvalue weighted by Crippen LogP contribution is 2.32. The van der Waals surface area contributed by atoms with E-state index in [9.17, 15) is 9.90 Å². The van der Waals surface area contributed by atoms with Crippen LogP contribution in [0.4, 0.5) is 0 Å². The molecule has 0 bridgehead atoms. The number of hydrogen-bond donors (Lipinski definition) is 2. The van der Waals surface area contributed by atoms with E-state index in [0.29, 0.717) is 5.58 Å². The van der Waals surface area contributed by atoms with Gasteiger partial charge in [-0.05, 0) is 23.6 Å². The molecule has 4 heteroatoms. The zero-order valence-corrected chi connectivity index (χ0v) is 9.02. The predicted molar refractivity (Wildman–Crippen MR) is 58.9 cm³/mol. The highest BCUT2D eigenvalue weighted by Gasteiger charge is 2.15. The summed E-state index contributed by atoms with van der Waals surface area (Å²) in [4.78, 5) is 10.8. The molecule has 0 fully saturated rings. The summed E-state index contributed by atoms with van der Waals surface area (Å²) in [5.74, 6) is -0.941. The first-order valence-corrected chi connectivity index (χ1v) is 4.99. The molecule has 0 atom stereocenters. The van der Waals surface area contributed by atoms with Gasteiger partial charge in [-0.25, -0.2) is 4.79 Å². The van der Waals surface area contributed by atoms with Crippen LogP contribution >= 0.6 is 0 Å². The minimum absolute atomic E-state index is 0.0856. The number of phenols is 1. The van der Waals surface area contributed by atoms with Gasteiger partial charge in [0, 0.05) is 11.5 Å². The van der Waals surface area contributed by atoms with Crippen LogP contribution in [0.25, 0.3) is 11.0 Å². The SMILES string of the molecule is CC(C)c1cc(O)cc2oc(C(=O)O)cc12. The Morgan fingerprint density at radius 1 is 1.31 bits per heavy atom. The van der Waals surface area contributed by atoms with Crippen molar-refractivity contribution in [1.29, 1.82) is 0 Å². The molecule has 0 radical (unpaired) electrons. The van der Waals surface area contributed by atoms with Crippen molar-refractivity contribution in [3.05, 3.63) is 29.5 Å². The number of carboxylic acids is 1. The van der Waals surface area contributed by atoms with Gasteiger partial charge >= 0.3 is 5.97 Å². The average molecular weight is 220 g/mol. The van der Waals surface area contributed by atoms with E-state index in [4.69, 9.17) is 9.52 Å². The van der Waals surface area contributed by atoms with Crippen molar-refractivity contribution in [3.8, 4) is 5.75 Å². The lowest BCUT2D eigenvalue weighted by Gasteiger charge is -2.06. The van der Waals surface area contributed by atoms with Crippen molar-refractivity contribution in [1.82, 2.24) is 0 Å². The number of fused-ring (bicyclic) bond motifs is 1. The Balaban J connectivity index is 2.75. The van der Waals surface area contributed by atoms with Gasteiger partial charge < -0.3 is 14.6 Å². The van der Waals surface area contributed by atoms with E-state index in [-0.39, 0.29) is 17.4 Å². The largest absolute Gasteiger partial charge is 0.508 e. The fraction of sp³-hybridized carbons (Fsp3) is 0.250. The number of aromatic hydroxyl groups is 1. The molecule has 0 aliphatic heterocycles. The van der Waals surface area contributed by atoms with Gasteiger partial charge in [0.05, 0.1) is 0 Å². The lowest BCUT2D eigenvalue weighted by Crippen LogP contribution is -1.91. The minimum atomic E-state index is -1.11. The van der Waals surface area contributed by atoms with E-state index >= 15 is 0 Å². The third kappa shape index (κ3) is 1.62. The van der Waals surface area contributed by atoms with E-state index in [1.54, 1.807) is 6.07 Å². The zero-order chi connectivity index (χ0) is 11.9. The Bertz CT molecular complexity index is 551. The second-order valence-electron chi connectivity index (χ2n) is 4.02. The molecule has 0 amide bonds. The molecule has 16 heavy (non-hydrogen) atoms. The van der Waals surface area contributed by atoms with Gasteiger partial charge in [-0.1, -0.05) is 13.8 Å². The highest BCUT2D eigenvalue weighted by atomic mass is 16.4. The maximum absolute atomic E-state index is 10.8. The van der Waals surface area contributed by atoms with E-state index in [1.165, 1.54) is 12.1 Å². The fourth-order valence-corrected chi connectivity index (χ4v) is 1.73. The van der Waals surface area contributed by atoms with Crippen molar-refractivity contribution >= 4 is 16.9 Å². The van der Waals surface area contributed by atoms with Crippen LogP contribution in [0.2, 0.25) is 0 Å². The molecule has 1 heterocycles. The number of furan rings is 1. The first kappa shape index (κ1) is 10.5. The van der Waals surface area contributed by atoms with Crippen LogP contribution in [0.1, 0.15) is 35.9 Å². The van der Waals surface area contributed by atoms with E-state index in [1.807, 2.05) is 13.8 Å². The summed E-state index contributed by atoms with van der Waals surface area (Å²) in [6, 6.07) is 4.55. The Morgan fingerprint density at radius 2 is 2.00 bits per heavy atom. The summed E-state index contributed by atoms with van der Waals surface area (Å²) in [5.41, 5.74) is 1.28. The maximum atomic E-state index is 10.8. The summed E-state index contributed by atoms with van der Waals surface area (Å²) in [6.07, 6.45) is 0. The van der Waals surface area contributed by atoms with Gasteiger partial charge in [-0.15, -0.1) is 0 Å². The van der Waals surface area contributed by atoms with Crippen LogP contribution < -0.4 is 0 Å². The van der Waals surface area contributed by atoms with Crippen LogP contribution in [0, 0.1) is 0 Å². The number of hydrogen-bond acceptors (Lipinski definition) is 3. The molecule has 2 N–H and O–H groups in total. The average Bonchev–Trinajstić information content (AvgIpc) is 2.59. The zero-order valence-electron chi connectivity index (χ0n) is 9.02. The van der Waals surface area contributed by atoms with Gasteiger partial charge in [-0.3, -0.25) is 0 Å². The van der Waals surface area contributed by atoms with Crippen molar-refractivity contribution in [2.45, 2.75) is 19.8 Å². The molecule has 0 saturated carbocycles. The normalized spacial score (nSPS) is 11.2. The molecule has 0 aliphatic rings. The number of aromatic carboxylic acids is 1. The van der Waals surface area contributed by atoms with Crippen molar-refractivity contribution < 1.29 is 19.4 Å². The Kier molecular flexibility index (Phi) is 2.34. The minimum Gasteiger partial charge on any atom is -0.508 e. The van der Waals surface area contributed by atoms with Crippen LogP contribution in [0.5, 0.6) is 5.75 Å². The van der Waals surface area contributed by atoms with Gasteiger partial charge in [0.1, 0.15) is 11.3 Å². The molecule has 4 nitrogen and oxygen atoms in total. The van der Waals surface area contributed by atoms with Crippen LogP contribution in [0.3, 0.4) is 0 Å². The first-order valence-electron chi connectivity index (χ1n) is 4.99. The maximum Gasteiger partial charge on any atom is 0.371 e. The fourth-order valence-electron chi connectivity index (χ4n) is 1.73. The van der Waals surface area contributed by atoms with E-state index in [0.717, 1.165) is 10.9 Å². The van der Waals surface area contributed by atoms with E-state index in [2.05, 4.69) is 0 Å². The molecule has 0 aliphatic carbocycles. The first-order chi connectivity index (χ1) is 7.49.